The van der Waals surface area contributed by atoms with Crippen LogP contribution in [0.4, 0.5) is 4.39 Å². The molecule has 0 radical (unpaired) electrons. The molecule has 1 amide bonds. The lowest BCUT2D eigenvalue weighted by molar-refractivity contribution is -0.131. The van der Waals surface area contributed by atoms with E-state index in [1.165, 1.54) is 6.07 Å². The quantitative estimate of drug-likeness (QED) is 0.576. The van der Waals surface area contributed by atoms with Crippen LogP contribution in [-0.4, -0.2) is 33.7 Å². The maximum Gasteiger partial charge on any atom is 0.222 e. The van der Waals surface area contributed by atoms with Crippen LogP contribution in [0.2, 0.25) is 0 Å². The summed E-state index contributed by atoms with van der Waals surface area (Å²) in [5, 5.41) is 4.61. The number of carbonyl (C=O) groups is 1. The van der Waals surface area contributed by atoms with E-state index in [9.17, 15) is 9.18 Å². The SMILES string of the molecule is CC(C)N(C)C(=O)CCc1c(-c2ccccc2)nn(C)c1Oc1ccccc1F. The van der Waals surface area contributed by atoms with Crippen molar-refractivity contribution >= 4 is 5.91 Å². The Balaban J connectivity index is 1.98. The van der Waals surface area contributed by atoms with Crippen molar-refractivity contribution in [3.63, 3.8) is 0 Å². The molecule has 29 heavy (non-hydrogen) atoms. The maximum absolute atomic E-state index is 14.2. The fourth-order valence-corrected chi connectivity index (χ4v) is 3.06. The molecule has 0 aliphatic rings. The second-order valence-corrected chi connectivity index (χ2v) is 7.25. The summed E-state index contributed by atoms with van der Waals surface area (Å²) in [5.41, 5.74) is 2.44. The predicted molar refractivity (Wildman–Crippen MR) is 111 cm³/mol. The van der Waals surface area contributed by atoms with Gasteiger partial charge in [-0.25, -0.2) is 9.07 Å². The molecule has 3 rings (SSSR count). The first kappa shape index (κ1) is 20.6. The van der Waals surface area contributed by atoms with Gasteiger partial charge in [-0.05, 0) is 32.4 Å². The summed E-state index contributed by atoms with van der Waals surface area (Å²) in [6, 6.07) is 16.1. The minimum absolute atomic E-state index is 0.0414. The van der Waals surface area contributed by atoms with Crippen LogP contribution in [0.5, 0.6) is 11.6 Å². The molecular formula is C23H26FN3O2. The Morgan fingerprint density at radius 1 is 1.14 bits per heavy atom. The zero-order valence-corrected chi connectivity index (χ0v) is 17.2. The summed E-state index contributed by atoms with van der Waals surface area (Å²) in [4.78, 5) is 14.3. The van der Waals surface area contributed by atoms with Gasteiger partial charge in [-0.3, -0.25) is 4.79 Å². The third kappa shape index (κ3) is 4.65. The van der Waals surface area contributed by atoms with Gasteiger partial charge in [0.2, 0.25) is 11.8 Å². The lowest BCUT2D eigenvalue weighted by atomic mass is 10.0. The van der Waals surface area contributed by atoms with Crippen LogP contribution in [0.1, 0.15) is 25.8 Å². The smallest absolute Gasteiger partial charge is 0.222 e. The summed E-state index contributed by atoms with van der Waals surface area (Å²) < 4.78 is 21.7. The molecule has 0 saturated carbocycles. The van der Waals surface area contributed by atoms with Crippen molar-refractivity contribution in [2.75, 3.05) is 7.05 Å². The van der Waals surface area contributed by atoms with Crippen LogP contribution in [0.15, 0.2) is 54.6 Å². The van der Waals surface area contributed by atoms with Gasteiger partial charge in [0.1, 0.15) is 0 Å². The molecule has 3 aromatic rings. The Morgan fingerprint density at radius 3 is 2.45 bits per heavy atom. The van der Waals surface area contributed by atoms with Crippen molar-refractivity contribution in [2.45, 2.75) is 32.7 Å². The van der Waals surface area contributed by atoms with Gasteiger partial charge in [-0.2, -0.15) is 5.10 Å². The van der Waals surface area contributed by atoms with E-state index >= 15 is 0 Å². The Hall–Kier alpha value is -3.15. The summed E-state index contributed by atoms with van der Waals surface area (Å²) in [6.45, 7) is 3.95. The van der Waals surface area contributed by atoms with Gasteiger partial charge in [0, 0.05) is 37.7 Å². The lowest BCUT2D eigenvalue weighted by Gasteiger charge is -2.21. The number of carbonyl (C=O) groups excluding carboxylic acids is 1. The van der Waals surface area contributed by atoms with E-state index in [0.29, 0.717) is 18.7 Å². The van der Waals surface area contributed by atoms with E-state index < -0.39 is 5.82 Å². The van der Waals surface area contributed by atoms with Crippen LogP contribution in [-0.2, 0) is 18.3 Å². The van der Waals surface area contributed by atoms with E-state index in [0.717, 1.165) is 16.8 Å². The molecule has 2 aromatic carbocycles. The molecule has 0 unspecified atom stereocenters. The van der Waals surface area contributed by atoms with E-state index in [1.54, 1.807) is 41.9 Å². The number of hydrogen-bond acceptors (Lipinski definition) is 3. The van der Waals surface area contributed by atoms with Gasteiger partial charge >= 0.3 is 0 Å². The first-order valence-electron chi connectivity index (χ1n) is 9.67. The Morgan fingerprint density at radius 2 is 1.79 bits per heavy atom. The molecule has 0 N–H and O–H groups in total. The maximum atomic E-state index is 14.2. The first-order valence-corrected chi connectivity index (χ1v) is 9.67. The van der Waals surface area contributed by atoms with Gasteiger partial charge in [0.25, 0.3) is 0 Å². The Bertz CT molecular complexity index is 983. The average Bonchev–Trinajstić information content (AvgIpc) is 3.03. The van der Waals surface area contributed by atoms with Gasteiger partial charge in [0.15, 0.2) is 11.6 Å². The molecular weight excluding hydrogens is 369 g/mol. The molecule has 0 aliphatic heterocycles. The number of hydrogen-bond donors (Lipinski definition) is 0. The number of aromatic nitrogens is 2. The molecule has 0 bridgehead atoms. The molecule has 0 spiro atoms. The van der Waals surface area contributed by atoms with Crippen molar-refractivity contribution in [3.05, 3.63) is 66.0 Å². The number of ether oxygens (including phenoxy) is 1. The Kier molecular flexibility index (Phi) is 6.32. The molecule has 5 nitrogen and oxygen atoms in total. The van der Waals surface area contributed by atoms with Crippen molar-refractivity contribution < 1.29 is 13.9 Å². The fourth-order valence-electron chi connectivity index (χ4n) is 3.06. The zero-order chi connectivity index (χ0) is 21.0. The number of rotatable bonds is 7. The summed E-state index contributed by atoms with van der Waals surface area (Å²) in [6.07, 6.45) is 0.756. The number of amides is 1. The van der Waals surface area contributed by atoms with E-state index in [2.05, 4.69) is 5.10 Å². The second-order valence-electron chi connectivity index (χ2n) is 7.25. The van der Waals surface area contributed by atoms with Crippen LogP contribution in [0, 0.1) is 5.82 Å². The first-order chi connectivity index (χ1) is 13.9. The largest absolute Gasteiger partial charge is 0.436 e. The highest BCUT2D eigenvalue weighted by atomic mass is 19.1. The van der Waals surface area contributed by atoms with E-state index in [-0.39, 0.29) is 17.7 Å². The number of para-hydroxylation sites is 1. The number of benzene rings is 2. The van der Waals surface area contributed by atoms with Gasteiger partial charge in [-0.1, -0.05) is 42.5 Å². The second kappa shape index (κ2) is 8.90. The third-order valence-electron chi connectivity index (χ3n) is 4.94. The van der Waals surface area contributed by atoms with Crippen LogP contribution < -0.4 is 4.74 Å². The highest BCUT2D eigenvalue weighted by molar-refractivity contribution is 5.77. The molecule has 0 aliphatic carbocycles. The van der Waals surface area contributed by atoms with Gasteiger partial charge < -0.3 is 9.64 Å². The topological polar surface area (TPSA) is 47.4 Å². The lowest BCUT2D eigenvalue weighted by Crippen LogP contribution is -2.33. The normalized spacial score (nSPS) is 11.0. The highest BCUT2D eigenvalue weighted by Crippen LogP contribution is 2.34. The van der Waals surface area contributed by atoms with Crippen molar-refractivity contribution in [3.8, 4) is 22.9 Å². The molecule has 1 heterocycles. The molecule has 0 atom stereocenters. The predicted octanol–water partition coefficient (Wildman–Crippen LogP) is 4.82. The minimum Gasteiger partial charge on any atom is -0.436 e. The summed E-state index contributed by atoms with van der Waals surface area (Å²) >= 11 is 0. The van der Waals surface area contributed by atoms with Gasteiger partial charge in [0.05, 0.1) is 5.69 Å². The fraction of sp³-hybridized carbons (Fsp3) is 0.304. The third-order valence-corrected chi connectivity index (χ3v) is 4.94. The van der Waals surface area contributed by atoms with Crippen LogP contribution in [0.3, 0.4) is 0 Å². The monoisotopic (exact) mass is 395 g/mol. The van der Waals surface area contributed by atoms with Crippen molar-refractivity contribution in [1.29, 1.82) is 0 Å². The van der Waals surface area contributed by atoms with Crippen LogP contribution in [0.25, 0.3) is 11.3 Å². The van der Waals surface area contributed by atoms with E-state index in [1.807, 2.05) is 44.2 Å². The number of nitrogens with zero attached hydrogens (tertiary/aromatic N) is 3. The minimum atomic E-state index is -0.448. The molecule has 0 saturated heterocycles. The zero-order valence-electron chi connectivity index (χ0n) is 17.2. The average molecular weight is 395 g/mol. The molecule has 1 aromatic heterocycles. The van der Waals surface area contributed by atoms with Crippen LogP contribution >= 0.6 is 0 Å². The molecule has 6 heteroatoms. The highest BCUT2D eigenvalue weighted by Gasteiger charge is 2.22. The van der Waals surface area contributed by atoms with Crippen molar-refractivity contribution in [1.82, 2.24) is 14.7 Å². The van der Waals surface area contributed by atoms with Crippen molar-refractivity contribution in [2.24, 2.45) is 7.05 Å². The molecule has 152 valence electrons. The molecule has 0 fully saturated rings. The Labute approximate surface area is 170 Å². The summed E-state index contributed by atoms with van der Waals surface area (Å²) in [7, 11) is 3.55. The van der Waals surface area contributed by atoms with Gasteiger partial charge in [-0.15, -0.1) is 0 Å². The summed E-state index contributed by atoms with van der Waals surface area (Å²) in [5.74, 6) is 0.159. The van der Waals surface area contributed by atoms with E-state index in [4.69, 9.17) is 4.74 Å². The standard InChI is InChI=1S/C23H26FN3O2/c1-16(2)26(3)21(28)15-14-18-22(17-10-6-5-7-11-17)25-27(4)23(18)29-20-13-9-8-12-19(20)24/h5-13,16H,14-15H2,1-4H3. The number of halogens is 1. The number of aryl methyl sites for hydroxylation is 1.